The van der Waals surface area contributed by atoms with E-state index in [2.05, 4.69) is 44.3 Å². The van der Waals surface area contributed by atoms with Crippen molar-refractivity contribution < 1.29 is 9.59 Å². The van der Waals surface area contributed by atoms with E-state index in [-0.39, 0.29) is 17.9 Å². The Morgan fingerprint density at radius 1 is 1.00 bits per heavy atom. The molecule has 10 heteroatoms. The Hall–Kier alpha value is -3.76. The lowest BCUT2D eigenvalue weighted by atomic mass is 10.0. The van der Waals surface area contributed by atoms with E-state index in [1.807, 2.05) is 35.5 Å². The van der Waals surface area contributed by atoms with Crippen LogP contribution in [0.25, 0.3) is 27.7 Å². The third-order valence-corrected chi connectivity index (χ3v) is 7.70. The summed E-state index contributed by atoms with van der Waals surface area (Å²) in [6.45, 7) is 5.14. The van der Waals surface area contributed by atoms with Crippen LogP contribution in [0.1, 0.15) is 33.6 Å². The summed E-state index contributed by atoms with van der Waals surface area (Å²) in [6.07, 6.45) is 8.95. The number of amides is 2. The summed E-state index contributed by atoms with van der Waals surface area (Å²) in [5.41, 5.74) is 4.47. The first-order chi connectivity index (χ1) is 18.0. The van der Waals surface area contributed by atoms with Crippen molar-refractivity contribution in [1.29, 1.82) is 0 Å². The number of nitrogens with one attached hydrogen (secondary N) is 2. The molecule has 0 aliphatic carbocycles. The number of H-pyrrole nitrogens is 1. The topological polar surface area (TPSA) is 102 Å². The van der Waals surface area contributed by atoms with Crippen molar-refractivity contribution in [2.75, 3.05) is 53.4 Å². The first-order valence-corrected chi connectivity index (χ1v) is 12.9. The van der Waals surface area contributed by atoms with Gasteiger partial charge in [0.2, 0.25) is 0 Å². The molecular formula is C27H32N8O2. The minimum atomic E-state index is -0.0950. The van der Waals surface area contributed by atoms with Gasteiger partial charge in [-0.05, 0) is 63.8 Å². The van der Waals surface area contributed by atoms with E-state index in [1.54, 1.807) is 16.9 Å². The lowest BCUT2D eigenvalue weighted by Gasteiger charge is -2.32. The van der Waals surface area contributed by atoms with Crippen LogP contribution in [0.5, 0.6) is 0 Å². The van der Waals surface area contributed by atoms with Crippen LogP contribution >= 0.6 is 0 Å². The Morgan fingerprint density at radius 3 is 2.54 bits per heavy atom. The molecule has 37 heavy (non-hydrogen) atoms. The zero-order valence-corrected chi connectivity index (χ0v) is 21.3. The molecule has 2 amide bonds. The van der Waals surface area contributed by atoms with Crippen molar-refractivity contribution in [1.82, 2.24) is 39.6 Å². The van der Waals surface area contributed by atoms with Crippen LogP contribution in [0.4, 0.5) is 0 Å². The van der Waals surface area contributed by atoms with Gasteiger partial charge in [-0.2, -0.15) is 5.10 Å². The van der Waals surface area contributed by atoms with Crippen LogP contribution < -0.4 is 5.32 Å². The van der Waals surface area contributed by atoms with Gasteiger partial charge in [0.15, 0.2) is 0 Å². The number of hydrogen-bond acceptors (Lipinski definition) is 6. The van der Waals surface area contributed by atoms with Gasteiger partial charge in [-0.1, -0.05) is 0 Å². The molecule has 0 atom stereocenters. The minimum Gasteiger partial charge on any atom is -0.349 e. The molecule has 0 bridgehead atoms. The van der Waals surface area contributed by atoms with Crippen molar-refractivity contribution in [3.05, 3.63) is 54.1 Å². The van der Waals surface area contributed by atoms with Crippen LogP contribution in [0.15, 0.2) is 43.0 Å². The molecule has 2 N–H and O–H groups in total. The molecule has 0 saturated carbocycles. The monoisotopic (exact) mass is 500 g/mol. The Balaban J connectivity index is 1.29. The molecule has 0 radical (unpaired) electrons. The highest BCUT2D eigenvalue weighted by molar-refractivity contribution is 6.03. The maximum Gasteiger partial charge on any atom is 0.255 e. The number of hydrogen-bond donors (Lipinski definition) is 2. The van der Waals surface area contributed by atoms with Gasteiger partial charge in [0.1, 0.15) is 5.65 Å². The number of likely N-dealkylation sites (tertiary alicyclic amines) is 1. The maximum atomic E-state index is 13.2. The molecule has 4 aromatic heterocycles. The predicted molar refractivity (Wildman–Crippen MR) is 142 cm³/mol. The first-order valence-electron chi connectivity index (χ1n) is 12.9. The zero-order valence-electron chi connectivity index (χ0n) is 21.3. The van der Waals surface area contributed by atoms with E-state index in [9.17, 15) is 9.59 Å². The molecule has 6 heterocycles. The van der Waals surface area contributed by atoms with E-state index in [4.69, 9.17) is 0 Å². The number of nitrogens with zero attached hydrogens (tertiary/aromatic N) is 6. The van der Waals surface area contributed by atoms with Crippen molar-refractivity contribution in [3.63, 3.8) is 0 Å². The molecule has 2 saturated heterocycles. The van der Waals surface area contributed by atoms with Gasteiger partial charge in [0.25, 0.3) is 11.8 Å². The summed E-state index contributed by atoms with van der Waals surface area (Å²) in [5, 5.41) is 8.47. The third kappa shape index (κ3) is 4.58. The second-order valence-corrected chi connectivity index (χ2v) is 10.3. The number of piperazine rings is 1. The largest absolute Gasteiger partial charge is 0.349 e. The number of fused-ring (bicyclic) bond motifs is 2. The van der Waals surface area contributed by atoms with E-state index in [1.165, 1.54) is 0 Å². The fourth-order valence-electron chi connectivity index (χ4n) is 5.29. The van der Waals surface area contributed by atoms with Gasteiger partial charge in [0, 0.05) is 61.8 Å². The first kappa shape index (κ1) is 23.6. The van der Waals surface area contributed by atoms with Gasteiger partial charge < -0.3 is 25.0 Å². The average molecular weight is 501 g/mol. The van der Waals surface area contributed by atoms with Gasteiger partial charge in [0.05, 0.1) is 22.8 Å². The highest BCUT2D eigenvalue weighted by Gasteiger charge is 2.23. The molecule has 2 aliphatic heterocycles. The van der Waals surface area contributed by atoms with E-state index < -0.39 is 0 Å². The normalized spacial score (nSPS) is 18.1. The summed E-state index contributed by atoms with van der Waals surface area (Å²) >= 11 is 0. The molecule has 10 nitrogen and oxygen atoms in total. The van der Waals surface area contributed by atoms with Gasteiger partial charge >= 0.3 is 0 Å². The summed E-state index contributed by atoms with van der Waals surface area (Å²) < 4.78 is 1.72. The number of aromatic amines is 1. The number of carbonyl (C=O) groups is 2. The summed E-state index contributed by atoms with van der Waals surface area (Å²) in [6, 6.07) is 6.05. The van der Waals surface area contributed by atoms with Crippen LogP contribution in [-0.2, 0) is 0 Å². The van der Waals surface area contributed by atoms with Crippen molar-refractivity contribution in [3.8, 4) is 11.1 Å². The van der Waals surface area contributed by atoms with E-state index in [0.717, 1.165) is 66.7 Å². The minimum absolute atomic E-state index is 0.00811. The maximum absolute atomic E-state index is 13.2. The molecule has 0 aromatic carbocycles. The zero-order chi connectivity index (χ0) is 25.5. The lowest BCUT2D eigenvalue weighted by Crippen LogP contribution is -2.47. The standard InChI is InChI=1S/C27H32N8O2/c1-32-6-4-20(5-7-32)31-26(36)23-17-30-35-8-3-18(14-24(23)35)22-16-29-25-21(22)13-19(15-28-25)27(37)34-11-9-33(2)10-12-34/h3,8,13-17,20H,4-7,9-12H2,1-2H3,(H,28,29)(H,31,36). The molecule has 0 spiro atoms. The molecule has 4 aromatic rings. The highest BCUT2D eigenvalue weighted by atomic mass is 16.2. The number of aromatic nitrogens is 4. The van der Waals surface area contributed by atoms with Crippen LogP contribution in [0.3, 0.4) is 0 Å². The van der Waals surface area contributed by atoms with E-state index in [0.29, 0.717) is 24.2 Å². The van der Waals surface area contributed by atoms with Gasteiger partial charge in [-0.3, -0.25) is 9.59 Å². The second-order valence-electron chi connectivity index (χ2n) is 10.3. The number of pyridine rings is 2. The molecule has 2 fully saturated rings. The number of carbonyl (C=O) groups excluding carboxylic acids is 2. The molecular weight excluding hydrogens is 468 g/mol. The second kappa shape index (κ2) is 9.60. The summed E-state index contributed by atoms with van der Waals surface area (Å²) in [7, 11) is 4.18. The molecule has 192 valence electrons. The number of rotatable bonds is 4. The highest BCUT2D eigenvalue weighted by Crippen LogP contribution is 2.30. The van der Waals surface area contributed by atoms with Crippen molar-refractivity contribution in [2.45, 2.75) is 18.9 Å². The van der Waals surface area contributed by atoms with Gasteiger partial charge in [-0.15, -0.1) is 0 Å². The third-order valence-electron chi connectivity index (χ3n) is 7.70. The summed E-state index contributed by atoms with van der Waals surface area (Å²) in [5.74, 6) is -0.0869. The Kier molecular flexibility index (Phi) is 6.13. The Bertz CT molecular complexity index is 1460. The predicted octanol–water partition coefficient (Wildman–Crippen LogP) is 2.09. The molecule has 6 rings (SSSR count). The Morgan fingerprint density at radius 2 is 1.76 bits per heavy atom. The van der Waals surface area contributed by atoms with Crippen LogP contribution in [0.2, 0.25) is 0 Å². The smallest absolute Gasteiger partial charge is 0.255 e. The SMILES string of the molecule is CN1CCC(NC(=O)c2cnn3ccc(-c4c[nH]c5ncc(C(=O)N6CCN(C)CC6)cc45)cc23)CC1. The quantitative estimate of drug-likeness (QED) is 0.445. The molecule has 0 unspecified atom stereocenters. The number of likely N-dealkylation sites (N-methyl/N-ethyl adjacent to an activating group) is 1. The van der Waals surface area contributed by atoms with Crippen LogP contribution in [0, 0.1) is 0 Å². The fourth-order valence-corrected chi connectivity index (χ4v) is 5.29. The van der Waals surface area contributed by atoms with Gasteiger partial charge in [-0.25, -0.2) is 9.50 Å². The number of piperidine rings is 1. The van der Waals surface area contributed by atoms with E-state index >= 15 is 0 Å². The Labute approximate surface area is 215 Å². The summed E-state index contributed by atoms with van der Waals surface area (Å²) in [4.78, 5) is 40.4. The van der Waals surface area contributed by atoms with Crippen molar-refractivity contribution in [2.24, 2.45) is 0 Å². The fraction of sp³-hybridized carbons (Fsp3) is 0.407. The molecule has 2 aliphatic rings. The average Bonchev–Trinajstić information content (AvgIpc) is 3.53. The lowest BCUT2D eigenvalue weighted by molar-refractivity contribution is 0.0663. The van der Waals surface area contributed by atoms with Crippen LogP contribution in [-0.4, -0.2) is 106 Å². The van der Waals surface area contributed by atoms with Crippen molar-refractivity contribution >= 4 is 28.4 Å².